The van der Waals surface area contributed by atoms with Crippen LogP contribution >= 0.6 is 0 Å². The van der Waals surface area contributed by atoms with E-state index in [1.54, 1.807) is 0 Å². The molecular formula is C14H23N3O3. The number of hydrogen-bond acceptors (Lipinski definition) is 4. The van der Waals surface area contributed by atoms with Crippen molar-refractivity contribution >= 4 is 11.9 Å². The topological polar surface area (TPSA) is 102 Å². The van der Waals surface area contributed by atoms with Crippen LogP contribution in [0.1, 0.15) is 33.6 Å². The summed E-state index contributed by atoms with van der Waals surface area (Å²) >= 11 is 0. The molecule has 0 aliphatic heterocycles. The summed E-state index contributed by atoms with van der Waals surface area (Å²) in [7, 11) is 0. The van der Waals surface area contributed by atoms with Crippen molar-refractivity contribution < 1.29 is 14.7 Å². The Bertz CT molecular complexity index is 414. The van der Waals surface area contributed by atoms with E-state index in [0.717, 1.165) is 6.42 Å². The number of amides is 1. The third kappa shape index (κ3) is 3.70. The summed E-state index contributed by atoms with van der Waals surface area (Å²) < 4.78 is 0. The smallest absolute Gasteiger partial charge is 0.307 e. The lowest BCUT2D eigenvalue weighted by atomic mass is 9.61. The van der Waals surface area contributed by atoms with E-state index in [2.05, 4.69) is 10.6 Å². The van der Waals surface area contributed by atoms with Crippen LogP contribution in [0.2, 0.25) is 0 Å². The maximum Gasteiger partial charge on any atom is 0.307 e. The Morgan fingerprint density at radius 2 is 2.05 bits per heavy atom. The predicted molar refractivity (Wildman–Crippen MR) is 73.7 cm³/mol. The van der Waals surface area contributed by atoms with Gasteiger partial charge < -0.3 is 15.7 Å². The fourth-order valence-corrected chi connectivity index (χ4v) is 2.95. The van der Waals surface area contributed by atoms with Crippen LogP contribution in [0.5, 0.6) is 0 Å². The Morgan fingerprint density at radius 3 is 2.60 bits per heavy atom. The number of carboxylic acid groups (broad SMARTS) is 1. The highest BCUT2D eigenvalue weighted by atomic mass is 16.4. The third-order valence-corrected chi connectivity index (χ3v) is 4.63. The lowest BCUT2D eigenvalue weighted by Gasteiger charge is -2.46. The second-order valence-electron chi connectivity index (χ2n) is 6.00. The quantitative estimate of drug-likeness (QED) is 0.645. The molecule has 1 aliphatic rings. The number of hydrogen-bond donors (Lipinski definition) is 3. The normalized spacial score (nSPS) is 28.4. The molecular weight excluding hydrogens is 258 g/mol. The molecule has 0 aromatic carbocycles. The molecule has 1 fully saturated rings. The van der Waals surface area contributed by atoms with E-state index in [0.29, 0.717) is 6.42 Å². The molecule has 1 saturated carbocycles. The van der Waals surface area contributed by atoms with Crippen molar-refractivity contribution in [2.24, 2.45) is 17.3 Å². The van der Waals surface area contributed by atoms with E-state index in [4.69, 9.17) is 5.26 Å². The molecule has 0 aromatic rings. The molecule has 3 N–H and O–H groups in total. The Kier molecular flexibility index (Phi) is 5.52. The van der Waals surface area contributed by atoms with Crippen molar-refractivity contribution in [1.29, 1.82) is 5.26 Å². The van der Waals surface area contributed by atoms with E-state index >= 15 is 0 Å². The zero-order chi connectivity index (χ0) is 15.3. The van der Waals surface area contributed by atoms with E-state index in [1.807, 2.05) is 26.8 Å². The molecule has 0 spiro atoms. The molecule has 0 heterocycles. The van der Waals surface area contributed by atoms with E-state index in [9.17, 15) is 14.7 Å². The summed E-state index contributed by atoms with van der Waals surface area (Å²) in [6.07, 6.45) is 1.36. The minimum atomic E-state index is -0.743. The van der Waals surface area contributed by atoms with Crippen molar-refractivity contribution in [2.75, 3.05) is 13.1 Å². The van der Waals surface area contributed by atoms with Crippen LogP contribution in [-0.4, -0.2) is 36.1 Å². The molecule has 0 bridgehead atoms. The van der Waals surface area contributed by atoms with Gasteiger partial charge in [-0.05, 0) is 24.2 Å². The highest BCUT2D eigenvalue weighted by Gasteiger charge is 2.46. The van der Waals surface area contributed by atoms with Crippen molar-refractivity contribution in [3.05, 3.63) is 0 Å². The van der Waals surface area contributed by atoms with Crippen molar-refractivity contribution in [2.45, 2.75) is 39.7 Å². The summed E-state index contributed by atoms with van der Waals surface area (Å²) in [5.74, 6) is -1.15. The fourth-order valence-electron chi connectivity index (χ4n) is 2.95. The summed E-state index contributed by atoms with van der Waals surface area (Å²) in [5, 5.41) is 23.3. The average Bonchev–Trinajstić information content (AvgIpc) is 2.37. The molecule has 0 aromatic heterocycles. The van der Waals surface area contributed by atoms with Gasteiger partial charge in [0.1, 0.15) is 6.54 Å². The van der Waals surface area contributed by atoms with Gasteiger partial charge in [-0.3, -0.25) is 9.59 Å². The summed E-state index contributed by atoms with van der Waals surface area (Å²) in [5.41, 5.74) is -0.315. The number of aliphatic carboxylic acids is 1. The Balaban J connectivity index is 2.56. The molecule has 1 amide bonds. The highest BCUT2D eigenvalue weighted by molar-refractivity contribution is 5.78. The van der Waals surface area contributed by atoms with Crippen molar-refractivity contribution in [1.82, 2.24) is 10.6 Å². The van der Waals surface area contributed by atoms with E-state index < -0.39 is 5.97 Å². The van der Waals surface area contributed by atoms with Crippen LogP contribution in [0.4, 0.5) is 0 Å². The van der Waals surface area contributed by atoms with Crippen LogP contribution in [0, 0.1) is 28.6 Å². The van der Waals surface area contributed by atoms with Crippen LogP contribution in [-0.2, 0) is 9.59 Å². The molecule has 1 aliphatic carbocycles. The van der Waals surface area contributed by atoms with Gasteiger partial charge in [0.2, 0.25) is 5.91 Å². The Hall–Kier alpha value is -1.61. The van der Waals surface area contributed by atoms with Gasteiger partial charge in [0.25, 0.3) is 0 Å². The second kappa shape index (κ2) is 6.71. The molecule has 0 radical (unpaired) electrons. The van der Waals surface area contributed by atoms with Crippen molar-refractivity contribution in [3.8, 4) is 6.07 Å². The summed E-state index contributed by atoms with van der Waals surface area (Å²) in [6.45, 7) is 6.14. The van der Waals surface area contributed by atoms with Gasteiger partial charge in [-0.2, -0.15) is 5.26 Å². The monoisotopic (exact) mass is 281 g/mol. The first-order chi connectivity index (χ1) is 9.30. The standard InChI is InChI=1S/C14H23N3O3/c1-9-11(17-8-12(18)16-7-6-15)5-4-10(13(19)20)14(9,2)3/h9-11,17H,4-5,7-8H2,1-3H3,(H,16,18)(H,19,20). The summed E-state index contributed by atoms with van der Waals surface area (Å²) in [4.78, 5) is 22.8. The lowest BCUT2D eigenvalue weighted by molar-refractivity contribution is -0.150. The van der Waals surface area contributed by atoms with Gasteiger partial charge in [0.05, 0.1) is 18.5 Å². The highest BCUT2D eigenvalue weighted by Crippen LogP contribution is 2.44. The van der Waals surface area contributed by atoms with Crippen LogP contribution in [0.25, 0.3) is 0 Å². The van der Waals surface area contributed by atoms with E-state index in [1.165, 1.54) is 0 Å². The second-order valence-corrected chi connectivity index (χ2v) is 6.00. The van der Waals surface area contributed by atoms with Gasteiger partial charge >= 0.3 is 5.97 Å². The van der Waals surface area contributed by atoms with Crippen LogP contribution in [0.15, 0.2) is 0 Å². The number of carbonyl (C=O) groups excluding carboxylic acids is 1. The van der Waals surface area contributed by atoms with Crippen molar-refractivity contribution in [3.63, 3.8) is 0 Å². The predicted octanol–water partition coefficient (Wildman–Crippen LogP) is 0.741. The first kappa shape index (κ1) is 16.4. The molecule has 112 valence electrons. The maximum atomic E-state index is 11.5. The Morgan fingerprint density at radius 1 is 1.40 bits per heavy atom. The molecule has 1 rings (SSSR count). The number of carboxylic acids is 1. The zero-order valence-corrected chi connectivity index (χ0v) is 12.3. The first-order valence-electron chi connectivity index (χ1n) is 6.90. The number of nitriles is 1. The van der Waals surface area contributed by atoms with Gasteiger partial charge in [-0.1, -0.05) is 20.8 Å². The van der Waals surface area contributed by atoms with Gasteiger partial charge in [0.15, 0.2) is 0 Å². The van der Waals surface area contributed by atoms with Gasteiger partial charge in [0, 0.05) is 6.04 Å². The number of nitrogens with zero attached hydrogens (tertiary/aromatic N) is 1. The molecule has 3 unspecified atom stereocenters. The number of rotatable bonds is 5. The lowest BCUT2D eigenvalue weighted by Crippen LogP contribution is -2.52. The molecule has 0 saturated heterocycles. The largest absolute Gasteiger partial charge is 0.481 e. The molecule has 3 atom stereocenters. The first-order valence-corrected chi connectivity index (χ1v) is 6.90. The van der Waals surface area contributed by atoms with Crippen LogP contribution in [0.3, 0.4) is 0 Å². The number of nitrogens with one attached hydrogen (secondary N) is 2. The van der Waals surface area contributed by atoms with Gasteiger partial charge in [-0.25, -0.2) is 0 Å². The van der Waals surface area contributed by atoms with Gasteiger partial charge in [-0.15, -0.1) is 0 Å². The van der Waals surface area contributed by atoms with E-state index in [-0.39, 0.29) is 42.3 Å². The number of carbonyl (C=O) groups is 2. The fraction of sp³-hybridized carbons (Fsp3) is 0.786. The third-order valence-electron chi connectivity index (χ3n) is 4.63. The molecule has 6 nitrogen and oxygen atoms in total. The van der Waals surface area contributed by atoms with Crippen LogP contribution < -0.4 is 10.6 Å². The minimum Gasteiger partial charge on any atom is -0.481 e. The minimum absolute atomic E-state index is 0.00726. The molecule has 6 heteroatoms. The maximum absolute atomic E-state index is 11.5. The SMILES string of the molecule is CC1C(NCC(=O)NCC#N)CCC(C(=O)O)C1(C)C. The average molecular weight is 281 g/mol. The summed E-state index contributed by atoms with van der Waals surface area (Å²) in [6, 6.07) is 1.97. The zero-order valence-electron chi connectivity index (χ0n) is 12.3. The Labute approximate surface area is 119 Å². The molecule has 20 heavy (non-hydrogen) atoms.